The number of amides is 1. The van der Waals surface area contributed by atoms with Gasteiger partial charge in [0, 0.05) is 18.5 Å². The van der Waals surface area contributed by atoms with Crippen molar-refractivity contribution in [3.63, 3.8) is 0 Å². The molecule has 0 heterocycles. The zero-order valence-corrected chi connectivity index (χ0v) is 14.4. The van der Waals surface area contributed by atoms with Crippen molar-refractivity contribution < 1.29 is 22.0 Å². The molecule has 136 valence electrons. The van der Waals surface area contributed by atoms with Crippen LogP contribution in [-0.4, -0.2) is 27.4 Å². The third-order valence-corrected chi connectivity index (χ3v) is 4.68. The lowest BCUT2D eigenvalue weighted by Gasteiger charge is -2.07. The molecule has 1 amide bonds. The summed E-state index contributed by atoms with van der Waals surface area (Å²) in [5.41, 5.74) is 0.820. The molecule has 0 fully saturated rings. The average molecular weight is 378 g/mol. The molecule has 0 radical (unpaired) electrons. The number of halogens is 2. The van der Waals surface area contributed by atoms with Crippen LogP contribution in [0.2, 0.25) is 0 Å². The van der Waals surface area contributed by atoms with Crippen LogP contribution in [0.5, 0.6) is 0 Å². The predicted octanol–water partition coefficient (Wildman–Crippen LogP) is 1.80. The second-order valence-corrected chi connectivity index (χ2v) is 6.94. The number of hydrogen-bond donors (Lipinski definition) is 2. The molecule has 2 aromatic rings. The second kappa shape index (κ2) is 9.08. The Morgan fingerprint density at radius 2 is 1.77 bits per heavy atom. The average Bonchev–Trinajstić information content (AvgIpc) is 2.62. The van der Waals surface area contributed by atoms with E-state index >= 15 is 0 Å². The number of carbonyl (C=O) groups is 1. The van der Waals surface area contributed by atoms with E-state index in [1.165, 1.54) is 0 Å². The second-order valence-electron chi connectivity index (χ2n) is 5.17. The van der Waals surface area contributed by atoms with Gasteiger partial charge in [-0.1, -0.05) is 30.0 Å². The minimum atomic E-state index is -4.02. The van der Waals surface area contributed by atoms with E-state index in [2.05, 4.69) is 21.9 Å². The molecule has 8 heteroatoms. The third kappa shape index (κ3) is 5.95. The van der Waals surface area contributed by atoms with E-state index in [4.69, 9.17) is 0 Å². The highest BCUT2D eigenvalue weighted by Crippen LogP contribution is 2.13. The monoisotopic (exact) mass is 378 g/mol. The number of sulfonamides is 1. The molecule has 0 aliphatic heterocycles. The summed E-state index contributed by atoms with van der Waals surface area (Å²) < 4.78 is 52.0. The van der Waals surface area contributed by atoms with Crippen LogP contribution >= 0.6 is 0 Å². The summed E-state index contributed by atoms with van der Waals surface area (Å²) in [5, 5.41) is 2.54. The molecule has 26 heavy (non-hydrogen) atoms. The van der Waals surface area contributed by atoms with Gasteiger partial charge in [0.1, 0.15) is 0 Å². The summed E-state index contributed by atoms with van der Waals surface area (Å²) in [7, 11) is -4.02. The largest absolute Gasteiger partial charge is 0.345 e. The summed E-state index contributed by atoms with van der Waals surface area (Å²) in [6.07, 6.45) is -0.115. The van der Waals surface area contributed by atoms with Crippen molar-refractivity contribution in [1.29, 1.82) is 0 Å². The van der Waals surface area contributed by atoms with Crippen LogP contribution in [0.3, 0.4) is 0 Å². The number of rotatable bonds is 6. The number of hydrogen-bond acceptors (Lipinski definition) is 3. The maximum absolute atomic E-state index is 13.1. The summed E-state index contributed by atoms with van der Waals surface area (Å²) in [6.45, 7) is -0.0527. The lowest BCUT2D eigenvalue weighted by Crippen LogP contribution is -2.31. The van der Waals surface area contributed by atoms with Gasteiger partial charge in [-0.05, 0) is 30.3 Å². The fourth-order valence-corrected chi connectivity index (χ4v) is 2.97. The van der Waals surface area contributed by atoms with Crippen molar-refractivity contribution in [1.82, 2.24) is 10.0 Å². The highest BCUT2D eigenvalue weighted by Gasteiger charge is 2.16. The maximum Gasteiger partial charge on any atom is 0.240 e. The Morgan fingerprint density at radius 1 is 1.04 bits per heavy atom. The standard InChI is InChI=1S/C18H16F2N2O3S/c19-16-9-8-15(13-17(16)20)26(24,25)22-12-10-18(23)21-11-4-7-14-5-2-1-3-6-14/h1-3,5-6,8-9,13,22H,10-12H2,(H,21,23). The predicted molar refractivity (Wildman–Crippen MR) is 92.5 cm³/mol. The fourth-order valence-electron chi connectivity index (χ4n) is 1.93. The van der Waals surface area contributed by atoms with Crippen molar-refractivity contribution in [3.8, 4) is 11.8 Å². The van der Waals surface area contributed by atoms with E-state index in [1.54, 1.807) is 0 Å². The molecule has 0 unspecified atom stereocenters. The van der Waals surface area contributed by atoms with Gasteiger partial charge in [0.2, 0.25) is 15.9 Å². The molecule has 0 spiro atoms. The van der Waals surface area contributed by atoms with Crippen molar-refractivity contribution in [2.45, 2.75) is 11.3 Å². The SMILES string of the molecule is O=C(CCNS(=O)(=O)c1ccc(F)c(F)c1)NCC#Cc1ccccc1. The molecule has 0 aliphatic carbocycles. The minimum Gasteiger partial charge on any atom is -0.345 e. The first kappa shape index (κ1) is 19.6. The zero-order chi connectivity index (χ0) is 19.0. The Balaban J connectivity index is 1.77. The lowest BCUT2D eigenvalue weighted by molar-refractivity contribution is -0.120. The normalized spacial score (nSPS) is 10.7. The molecule has 2 aromatic carbocycles. The van der Waals surface area contributed by atoms with E-state index in [-0.39, 0.29) is 25.4 Å². The molecule has 2 N–H and O–H groups in total. The Kier molecular flexibility index (Phi) is 6.83. The van der Waals surface area contributed by atoms with E-state index in [9.17, 15) is 22.0 Å². The summed E-state index contributed by atoms with van der Waals surface area (Å²) in [6, 6.07) is 11.5. The molecule has 0 bridgehead atoms. The Bertz CT molecular complexity index is 936. The molecule has 0 aliphatic rings. The van der Waals surface area contributed by atoms with Crippen molar-refractivity contribution in [2.24, 2.45) is 0 Å². The summed E-state index contributed by atoms with van der Waals surface area (Å²) >= 11 is 0. The Morgan fingerprint density at radius 3 is 2.46 bits per heavy atom. The highest BCUT2D eigenvalue weighted by molar-refractivity contribution is 7.89. The van der Waals surface area contributed by atoms with Gasteiger partial charge in [0.05, 0.1) is 11.4 Å². The van der Waals surface area contributed by atoms with Crippen LogP contribution in [0.15, 0.2) is 53.4 Å². The van der Waals surface area contributed by atoms with E-state index in [0.29, 0.717) is 6.07 Å². The summed E-state index contributed by atoms with van der Waals surface area (Å²) in [4.78, 5) is 11.2. The number of nitrogens with one attached hydrogen (secondary N) is 2. The molecule has 2 rings (SSSR count). The van der Waals surface area contributed by atoms with Crippen LogP contribution in [0.4, 0.5) is 8.78 Å². The van der Waals surface area contributed by atoms with Crippen molar-refractivity contribution in [3.05, 3.63) is 65.7 Å². The van der Waals surface area contributed by atoms with Crippen molar-refractivity contribution in [2.75, 3.05) is 13.1 Å². The minimum absolute atomic E-state index is 0.115. The summed E-state index contributed by atoms with van der Waals surface area (Å²) in [5.74, 6) is 2.86. The first-order valence-electron chi connectivity index (χ1n) is 7.64. The first-order valence-corrected chi connectivity index (χ1v) is 9.12. The van der Waals surface area contributed by atoms with Crippen LogP contribution in [0.1, 0.15) is 12.0 Å². The Labute approximate surface area is 150 Å². The van der Waals surface area contributed by atoms with Crippen LogP contribution in [0.25, 0.3) is 0 Å². The van der Waals surface area contributed by atoms with Gasteiger partial charge in [0.15, 0.2) is 11.6 Å². The van der Waals surface area contributed by atoms with Crippen LogP contribution in [-0.2, 0) is 14.8 Å². The molecular formula is C18H16F2N2O3S. The maximum atomic E-state index is 13.1. The Hall–Kier alpha value is -2.76. The highest BCUT2D eigenvalue weighted by atomic mass is 32.2. The number of benzene rings is 2. The van der Waals surface area contributed by atoms with Gasteiger partial charge in [0.25, 0.3) is 0 Å². The fraction of sp³-hybridized carbons (Fsp3) is 0.167. The third-order valence-electron chi connectivity index (χ3n) is 3.23. The topological polar surface area (TPSA) is 75.3 Å². The molecule has 0 saturated carbocycles. The van der Waals surface area contributed by atoms with E-state index in [0.717, 1.165) is 17.7 Å². The van der Waals surface area contributed by atoms with Gasteiger partial charge < -0.3 is 5.32 Å². The first-order chi connectivity index (χ1) is 12.4. The van der Waals surface area contributed by atoms with Crippen molar-refractivity contribution >= 4 is 15.9 Å². The van der Waals surface area contributed by atoms with Crippen LogP contribution in [0, 0.1) is 23.5 Å². The van der Waals surface area contributed by atoms with E-state index < -0.39 is 26.6 Å². The molecule has 0 atom stereocenters. The lowest BCUT2D eigenvalue weighted by atomic mass is 10.2. The van der Waals surface area contributed by atoms with Crippen LogP contribution < -0.4 is 10.0 Å². The van der Waals surface area contributed by atoms with Gasteiger partial charge in [-0.25, -0.2) is 21.9 Å². The van der Waals surface area contributed by atoms with Gasteiger partial charge in [-0.3, -0.25) is 4.79 Å². The zero-order valence-electron chi connectivity index (χ0n) is 13.6. The molecule has 0 saturated heterocycles. The van der Waals surface area contributed by atoms with Gasteiger partial charge >= 0.3 is 0 Å². The van der Waals surface area contributed by atoms with E-state index in [1.807, 2.05) is 30.3 Å². The van der Waals surface area contributed by atoms with Gasteiger partial charge in [-0.15, -0.1) is 0 Å². The smallest absolute Gasteiger partial charge is 0.240 e. The molecule has 0 aromatic heterocycles. The quantitative estimate of drug-likeness (QED) is 0.753. The number of carbonyl (C=O) groups excluding carboxylic acids is 1. The molecule has 5 nitrogen and oxygen atoms in total. The molecular weight excluding hydrogens is 362 g/mol. The van der Waals surface area contributed by atoms with Gasteiger partial charge in [-0.2, -0.15) is 0 Å².